The van der Waals surface area contributed by atoms with E-state index >= 15 is 0 Å². The van der Waals surface area contributed by atoms with Crippen LogP contribution in [0.1, 0.15) is 66.2 Å². The van der Waals surface area contributed by atoms with Gasteiger partial charge in [0.15, 0.2) is 0 Å². The largest absolute Gasteiger partial charge is 0.481 e. The molecule has 1 spiro atoms. The van der Waals surface area contributed by atoms with Gasteiger partial charge in [0.1, 0.15) is 0 Å². The molecule has 6 rings (SSSR count). The van der Waals surface area contributed by atoms with E-state index in [9.17, 15) is 24.6 Å². The molecule has 6 nitrogen and oxygen atoms in total. The highest BCUT2D eigenvalue weighted by atomic mass is 16.4. The van der Waals surface area contributed by atoms with Crippen LogP contribution in [0.4, 0.5) is 0 Å². The van der Waals surface area contributed by atoms with Gasteiger partial charge in [0.2, 0.25) is 11.8 Å². The maximum absolute atomic E-state index is 13.6. The van der Waals surface area contributed by atoms with Crippen LogP contribution < -0.4 is 0 Å². The van der Waals surface area contributed by atoms with Gasteiger partial charge in [-0.2, -0.15) is 0 Å². The van der Waals surface area contributed by atoms with E-state index in [0.29, 0.717) is 12.3 Å². The van der Waals surface area contributed by atoms with E-state index in [0.717, 1.165) is 32.1 Å². The number of nitrogens with zero attached hydrogens (tertiary/aromatic N) is 1. The van der Waals surface area contributed by atoms with Crippen molar-refractivity contribution in [1.29, 1.82) is 0 Å². The predicted molar refractivity (Wildman–Crippen MR) is 118 cm³/mol. The maximum Gasteiger partial charge on any atom is 0.309 e. The van der Waals surface area contributed by atoms with Crippen molar-refractivity contribution in [3.05, 3.63) is 11.6 Å². The number of β-amino-alcohol motifs (C(OH)–C–C–N with tert-alkyl or cyclic N) is 1. The number of carboxylic acids is 1. The number of hydrogen-bond acceptors (Lipinski definition) is 4. The number of aliphatic hydroxyl groups is 1. The summed E-state index contributed by atoms with van der Waals surface area (Å²) in [6, 6.07) is 0. The fourth-order valence-electron chi connectivity index (χ4n) is 9.34. The summed E-state index contributed by atoms with van der Waals surface area (Å²) < 4.78 is 0. The Bertz CT molecular complexity index is 910. The fraction of sp³-hybridized carbons (Fsp3) is 0.808. The van der Waals surface area contributed by atoms with Crippen LogP contribution in [-0.2, 0) is 14.4 Å². The second-order valence-corrected chi connectivity index (χ2v) is 12.0. The molecule has 4 fully saturated rings. The lowest BCUT2D eigenvalue weighted by molar-refractivity contribution is -0.194. The Hall–Kier alpha value is -1.69. The quantitative estimate of drug-likeness (QED) is 0.512. The highest BCUT2D eigenvalue weighted by Gasteiger charge is 2.73. The molecule has 0 aromatic heterocycles. The lowest BCUT2D eigenvalue weighted by Crippen LogP contribution is -2.65. The molecule has 2 N–H and O–H groups in total. The summed E-state index contributed by atoms with van der Waals surface area (Å²) in [5, 5.41) is 19.7. The van der Waals surface area contributed by atoms with Gasteiger partial charge in [-0.1, -0.05) is 38.8 Å². The molecule has 0 aromatic rings. The first-order valence-electron chi connectivity index (χ1n) is 12.4. The number of carbonyl (C=O) groups excluding carboxylic acids is 2. The van der Waals surface area contributed by atoms with Crippen molar-refractivity contribution in [1.82, 2.24) is 4.90 Å². The molecule has 5 aliphatic carbocycles. The molecule has 0 aromatic carbocycles. The van der Waals surface area contributed by atoms with Crippen molar-refractivity contribution >= 4 is 17.8 Å². The number of amides is 2. The van der Waals surface area contributed by atoms with E-state index in [1.807, 2.05) is 6.92 Å². The van der Waals surface area contributed by atoms with E-state index in [4.69, 9.17) is 0 Å². The molecule has 32 heavy (non-hydrogen) atoms. The van der Waals surface area contributed by atoms with Crippen LogP contribution in [0, 0.1) is 51.8 Å². The second-order valence-electron chi connectivity index (χ2n) is 12.0. The minimum Gasteiger partial charge on any atom is -0.481 e. The molecule has 2 amide bonds. The lowest BCUT2D eigenvalue weighted by atomic mass is 9.34. The topological polar surface area (TPSA) is 94.9 Å². The van der Waals surface area contributed by atoms with E-state index in [-0.39, 0.29) is 65.4 Å². The van der Waals surface area contributed by atoms with Crippen molar-refractivity contribution < 1.29 is 24.6 Å². The van der Waals surface area contributed by atoms with Crippen LogP contribution in [0.15, 0.2) is 11.6 Å². The van der Waals surface area contributed by atoms with Crippen LogP contribution in [0.2, 0.25) is 0 Å². The molecule has 176 valence electrons. The lowest BCUT2D eigenvalue weighted by Gasteiger charge is -2.68. The Morgan fingerprint density at radius 3 is 2.50 bits per heavy atom. The van der Waals surface area contributed by atoms with E-state index in [1.165, 1.54) is 10.5 Å². The van der Waals surface area contributed by atoms with Gasteiger partial charge in [-0.05, 0) is 68.1 Å². The Balaban J connectivity index is 1.65. The molecular weight excluding hydrogens is 406 g/mol. The first-order chi connectivity index (χ1) is 15.0. The third-order valence-electron chi connectivity index (χ3n) is 10.6. The molecule has 1 aliphatic heterocycles. The molecule has 2 bridgehead atoms. The van der Waals surface area contributed by atoms with Gasteiger partial charge in [-0.3, -0.25) is 19.3 Å². The normalized spacial score (nSPS) is 47.2. The number of fused-ring (bicyclic) bond motifs is 1. The summed E-state index contributed by atoms with van der Waals surface area (Å²) >= 11 is 0. The summed E-state index contributed by atoms with van der Waals surface area (Å²) in [7, 11) is 0. The number of likely N-dealkylation sites (tertiary alicyclic amines) is 1. The molecule has 3 saturated carbocycles. The Morgan fingerprint density at radius 2 is 1.88 bits per heavy atom. The third-order valence-corrected chi connectivity index (χ3v) is 10.6. The molecular formula is C26H37NO5. The first-order valence-corrected chi connectivity index (χ1v) is 12.4. The summed E-state index contributed by atoms with van der Waals surface area (Å²) in [5.41, 5.74) is 0.0547. The molecule has 6 aliphatic rings. The van der Waals surface area contributed by atoms with Crippen molar-refractivity contribution in [2.24, 2.45) is 51.8 Å². The number of rotatable bonds is 4. The Labute approximate surface area is 190 Å². The van der Waals surface area contributed by atoms with Gasteiger partial charge in [-0.15, -0.1) is 0 Å². The van der Waals surface area contributed by atoms with Gasteiger partial charge in [0.25, 0.3) is 0 Å². The van der Waals surface area contributed by atoms with Gasteiger partial charge >= 0.3 is 5.97 Å². The zero-order valence-corrected chi connectivity index (χ0v) is 19.8. The number of hydrogen-bond donors (Lipinski definition) is 2. The molecule has 8 atom stereocenters. The molecule has 6 heteroatoms. The van der Waals surface area contributed by atoms with E-state index < -0.39 is 11.4 Å². The number of aliphatic hydroxyl groups excluding tert-OH is 1. The fourth-order valence-corrected chi connectivity index (χ4v) is 9.34. The Morgan fingerprint density at radius 1 is 1.16 bits per heavy atom. The minimum atomic E-state index is -0.728. The van der Waals surface area contributed by atoms with Crippen molar-refractivity contribution in [3.8, 4) is 0 Å². The van der Waals surface area contributed by atoms with Crippen LogP contribution in [-0.4, -0.2) is 46.0 Å². The van der Waals surface area contributed by atoms with E-state index in [2.05, 4.69) is 26.8 Å². The van der Waals surface area contributed by atoms with Gasteiger partial charge in [0, 0.05) is 5.41 Å². The third kappa shape index (κ3) is 2.48. The standard InChI is InChI=1S/C26H37NO5/c1-14(2)16-13-26-9-6-17-24(3,7-5-8-25(17,4)23(31)32)18(26)12-15(16)19-20(26)22(30)27(10-11-28)21(19)29/h13-15,17-20,28H,5-12H2,1-4H3,(H,31,32)/t15-,17+,18-,19+,20-,24-,25+,26-/m0/s1. The predicted octanol–water partition coefficient (Wildman–Crippen LogP) is 3.49. The Kier molecular flexibility index (Phi) is 4.78. The summed E-state index contributed by atoms with van der Waals surface area (Å²) in [6.07, 6.45) is 7.42. The number of carboxylic acid groups (broad SMARTS) is 1. The zero-order valence-electron chi connectivity index (χ0n) is 19.8. The average molecular weight is 444 g/mol. The molecule has 0 unspecified atom stereocenters. The highest BCUT2D eigenvalue weighted by molar-refractivity contribution is 6.06. The number of allylic oxidation sites excluding steroid dienone is 2. The average Bonchev–Trinajstić information content (AvgIpc) is 3.00. The smallest absolute Gasteiger partial charge is 0.309 e. The van der Waals surface area contributed by atoms with Crippen LogP contribution in [0.25, 0.3) is 0 Å². The number of aliphatic carboxylic acids is 1. The summed E-state index contributed by atoms with van der Waals surface area (Å²) in [6.45, 7) is 8.44. The SMILES string of the molecule is CC(C)C1=C[C@@]23CC[C@@H]4[C@](C)(CCC[C@@]4(C)C(=O)O)[C@@H]2C[C@@H]1[C@H]1C(=O)N(CCO)C(=O)[C@H]13. The van der Waals surface area contributed by atoms with Crippen LogP contribution >= 0.6 is 0 Å². The van der Waals surface area contributed by atoms with Crippen molar-refractivity contribution in [3.63, 3.8) is 0 Å². The number of carbonyl (C=O) groups is 3. The monoisotopic (exact) mass is 443 g/mol. The molecule has 0 radical (unpaired) electrons. The maximum atomic E-state index is 13.6. The van der Waals surface area contributed by atoms with Gasteiger partial charge < -0.3 is 10.2 Å². The van der Waals surface area contributed by atoms with E-state index in [1.54, 1.807) is 0 Å². The van der Waals surface area contributed by atoms with Gasteiger partial charge in [-0.25, -0.2) is 0 Å². The second kappa shape index (κ2) is 6.91. The number of imide groups is 1. The first kappa shape index (κ1) is 22.1. The summed E-state index contributed by atoms with van der Waals surface area (Å²) in [5.74, 6) is -0.918. The molecule has 1 heterocycles. The van der Waals surface area contributed by atoms with Crippen molar-refractivity contribution in [2.45, 2.75) is 66.2 Å². The van der Waals surface area contributed by atoms with Crippen molar-refractivity contribution in [2.75, 3.05) is 13.2 Å². The van der Waals surface area contributed by atoms with Crippen LogP contribution in [0.3, 0.4) is 0 Å². The zero-order chi connectivity index (χ0) is 23.2. The van der Waals surface area contributed by atoms with Crippen LogP contribution in [0.5, 0.6) is 0 Å². The van der Waals surface area contributed by atoms with Gasteiger partial charge in [0.05, 0.1) is 30.4 Å². The minimum absolute atomic E-state index is 0.0422. The highest BCUT2D eigenvalue weighted by Crippen LogP contribution is 2.74. The molecule has 1 saturated heterocycles. The summed E-state index contributed by atoms with van der Waals surface area (Å²) in [4.78, 5) is 40.7.